The molecule has 1 aromatic carbocycles. The van der Waals surface area contributed by atoms with E-state index in [4.69, 9.17) is 5.11 Å². The van der Waals surface area contributed by atoms with Crippen molar-refractivity contribution >= 4 is 18.1 Å². The molecule has 1 rings (SSSR count). The van der Waals surface area contributed by atoms with Crippen molar-refractivity contribution in [2.75, 3.05) is 6.61 Å². The number of nitro benzene ring substituents is 1. The van der Waals surface area contributed by atoms with Gasteiger partial charge in [0.05, 0.1) is 11.5 Å². The molecule has 0 amide bonds. The number of benzene rings is 1. The van der Waals surface area contributed by atoms with Crippen LogP contribution in [0.25, 0.3) is 0 Å². The van der Waals surface area contributed by atoms with Crippen molar-refractivity contribution in [3.8, 4) is 0 Å². The summed E-state index contributed by atoms with van der Waals surface area (Å²) < 4.78 is 0. The summed E-state index contributed by atoms with van der Waals surface area (Å²) in [6.07, 6.45) is 0.851. The zero-order valence-electron chi connectivity index (χ0n) is 9.63. The highest BCUT2D eigenvalue weighted by Crippen LogP contribution is 2.11. The number of halogens is 1. The van der Waals surface area contributed by atoms with E-state index in [1.165, 1.54) is 12.1 Å². The van der Waals surface area contributed by atoms with Crippen LogP contribution in [0, 0.1) is 10.1 Å². The average Bonchev–Trinajstić information content (AvgIpc) is 2.31. The Balaban J connectivity index is 0.00000256. The molecule has 96 valence electrons. The van der Waals surface area contributed by atoms with Crippen LogP contribution in [-0.4, -0.2) is 22.7 Å². The van der Waals surface area contributed by atoms with Gasteiger partial charge in [0.1, 0.15) is 0 Å². The summed E-state index contributed by atoms with van der Waals surface area (Å²) in [6.45, 7) is 2.70. The van der Waals surface area contributed by atoms with Gasteiger partial charge in [-0.1, -0.05) is 19.1 Å². The number of nitrogens with one attached hydrogen (secondary N) is 1. The molecule has 0 spiro atoms. The molecular weight excluding hydrogens is 244 g/mol. The highest BCUT2D eigenvalue weighted by Gasteiger charge is 2.06. The zero-order chi connectivity index (χ0) is 12.0. The minimum absolute atomic E-state index is 0. The zero-order valence-corrected chi connectivity index (χ0v) is 10.4. The van der Waals surface area contributed by atoms with Crippen molar-refractivity contribution in [3.05, 3.63) is 39.9 Å². The van der Waals surface area contributed by atoms with Gasteiger partial charge in [-0.15, -0.1) is 12.4 Å². The molecule has 0 radical (unpaired) electrons. The smallest absolute Gasteiger partial charge is 0.269 e. The summed E-state index contributed by atoms with van der Waals surface area (Å²) in [5.41, 5.74) is 1.07. The maximum atomic E-state index is 10.4. The van der Waals surface area contributed by atoms with E-state index in [1.807, 2.05) is 6.92 Å². The van der Waals surface area contributed by atoms with Crippen LogP contribution in [0.1, 0.15) is 18.9 Å². The van der Waals surface area contributed by atoms with Crippen LogP contribution < -0.4 is 5.32 Å². The molecule has 0 saturated carbocycles. The molecule has 0 fully saturated rings. The van der Waals surface area contributed by atoms with E-state index in [0.717, 1.165) is 12.0 Å². The van der Waals surface area contributed by atoms with Crippen LogP contribution in [0.3, 0.4) is 0 Å². The summed E-state index contributed by atoms with van der Waals surface area (Å²) in [5.74, 6) is 0. The Kier molecular flexibility index (Phi) is 7.45. The molecular formula is C11H17ClN2O3. The number of hydrogen-bond donors (Lipinski definition) is 2. The van der Waals surface area contributed by atoms with Gasteiger partial charge in [0.25, 0.3) is 5.69 Å². The van der Waals surface area contributed by atoms with Gasteiger partial charge in [0.2, 0.25) is 0 Å². The fourth-order valence-corrected chi connectivity index (χ4v) is 1.34. The summed E-state index contributed by atoms with van der Waals surface area (Å²) in [5, 5.41) is 22.6. The average molecular weight is 261 g/mol. The molecule has 0 aliphatic carbocycles. The molecule has 0 aliphatic heterocycles. The number of hydrogen-bond acceptors (Lipinski definition) is 4. The van der Waals surface area contributed by atoms with Gasteiger partial charge in [-0.3, -0.25) is 10.1 Å². The Labute approximate surface area is 106 Å². The number of aliphatic hydroxyl groups is 1. The molecule has 0 aromatic heterocycles. The third-order valence-corrected chi connectivity index (χ3v) is 2.46. The van der Waals surface area contributed by atoms with Gasteiger partial charge < -0.3 is 10.4 Å². The topological polar surface area (TPSA) is 75.4 Å². The Hall–Kier alpha value is -1.17. The minimum atomic E-state index is -0.417. The first kappa shape index (κ1) is 15.8. The van der Waals surface area contributed by atoms with Crippen molar-refractivity contribution in [2.24, 2.45) is 0 Å². The van der Waals surface area contributed by atoms with Crippen molar-refractivity contribution in [1.82, 2.24) is 5.32 Å². The van der Waals surface area contributed by atoms with E-state index in [-0.39, 0.29) is 30.7 Å². The lowest BCUT2D eigenvalue weighted by molar-refractivity contribution is -0.384. The molecule has 6 heteroatoms. The maximum Gasteiger partial charge on any atom is 0.269 e. The highest BCUT2D eigenvalue weighted by molar-refractivity contribution is 5.85. The predicted octanol–water partition coefficient (Wildman–Crippen LogP) is 1.88. The minimum Gasteiger partial charge on any atom is -0.395 e. The molecule has 1 aromatic rings. The number of aliphatic hydroxyl groups excluding tert-OH is 1. The van der Waals surface area contributed by atoms with E-state index in [9.17, 15) is 10.1 Å². The summed E-state index contributed by atoms with van der Waals surface area (Å²) >= 11 is 0. The Morgan fingerprint density at radius 3 is 2.41 bits per heavy atom. The maximum absolute atomic E-state index is 10.4. The normalized spacial score (nSPS) is 11.6. The van der Waals surface area contributed by atoms with Gasteiger partial charge in [-0.05, 0) is 12.0 Å². The lowest BCUT2D eigenvalue weighted by Gasteiger charge is -2.13. The van der Waals surface area contributed by atoms with Crippen LogP contribution in [0.2, 0.25) is 0 Å². The molecule has 17 heavy (non-hydrogen) atoms. The standard InChI is InChI=1S/C11H16N2O3.ClH/c1-2-10(8-14)12-7-9-3-5-11(6-4-9)13(15)16;/h3-6,10,12,14H,2,7-8H2,1H3;1H. The fraction of sp³-hybridized carbons (Fsp3) is 0.455. The van der Waals surface area contributed by atoms with Gasteiger partial charge in [-0.25, -0.2) is 0 Å². The van der Waals surface area contributed by atoms with Gasteiger partial charge in [0.15, 0.2) is 0 Å². The largest absolute Gasteiger partial charge is 0.395 e. The monoisotopic (exact) mass is 260 g/mol. The Morgan fingerprint density at radius 2 is 2.00 bits per heavy atom. The molecule has 0 heterocycles. The molecule has 5 nitrogen and oxygen atoms in total. The van der Waals surface area contributed by atoms with Crippen LogP contribution in [0.5, 0.6) is 0 Å². The summed E-state index contributed by atoms with van der Waals surface area (Å²) in [7, 11) is 0. The van der Waals surface area contributed by atoms with Crippen LogP contribution in [-0.2, 0) is 6.54 Å². The van der Waals surface area contributed by atoms with Gasteiger partial charge in [0, 0.05) is 24.7 Å². The summed E-state index contributed by atoms with van der Waals surface area (Å²) in [4.78, 5) is 10.0. The summed E-state index contributed by atoms with van der Waals surface area (Å²) in [6, 6.07) is 6.48. The van der Waals surface area contributed by atoms with E-state index < -0.39 is 4.92 Å². The van der Waals surface area contributed by atoms with Crippen molar-refractivity contribution < 1.29 is 10.0 Å². The molecule has 0 saturated heterocycles. The lowest BCUT2D eigenvalue weighted by atomic mass is 10.2. The van der Waals surface area contributed by atoms with Crippen LogP contribution >= 0.6 is 12.4 Å². The van der Waals surface area contributed by atoms with Crippen molar-refractivity contribution in [3.63, 3.8) is 0 Å². The number of rotatable bonds is 6. The fourth-order valence-electron chi connectivity index (χ4n) is 1.34. The molecule has 1 atom stereocenters. The molecule has 0 bridgehead atoms. The quantitative estimate of drug-likeness (QED) is 0.605. The second kappa shape index (κ2) is 8.00. The van der Waals surface area contributed by atoms with E-state index >= 15 is 0 Å². The van der Waals surface area contributed by atoms with Gasteiger partial charge in [-0.2, -0.15) is 0 Å². The number of non-ortho nitro benzene ring substituents is 1. The first-order valence-corrected chi connectivity index (χ1v) is 5.25. The SMILES string of the molecule is CCC(CO)NCc1ccc([N+](=O)[O-])cc1.Cl. The van der Waals surface area contributed by atoms with Gasteiger partial charge >= 0.3 is 0 Å². The number of nitrogens with zero attached hydrogens (tertiary/aromatic N) is 1. The molecule has 0 aliphatic rings. The van der Waals surface area contributed by atoms with Crippen molar-refractivity contribution in [2.45, 2.75) is 25.9 Å². The first-order chi connectivity index (χ1) is 7.67. The predicted molar refractivity (Wildman–Crippen MR) is 68.3 cm³/mol. The first-order valence-electron chi connectivity index (χ1n) is 5.25. The van der Waals surface area contributed by atoms with Crippen molar-refractivity contribution in [1.29, 1.82) is 0 Å². The molecule has 1 unspecified atom stereocenters. The highest BCUT2D eigenvalue weighted by atomic mass is 35.5. The number of nitro groups is 1. The Bertz CT molecular complexity index is 339. The van der Waals surface area contributed by atoms with E-state index in [2.05, 4.69) is 5.32 Å². The van der Waals surface area contributed by atoms with E-state index in [1.54, 1.807) is 12.1 Å². The Morgan fingerprint density at radius 1 is 1.41 bits per heavy atom. The molecule has 2 N–H and O–H groups in total. The lowest BCUT2D eigenvalue weighted by Crippen LogP contribution is -2.31. The van der Waals surface area contributed by atoms with E-state index in [0.29, 0.717) is 6.54 Å². The van der Waals surface area contributed by atoms with Crippen LogP contribution in [0.15, 0.2) is 24.3 Å². The second-order valence-electron chi connectivity index (χ2n) is 3.59. The third kappa shape index (κ3) is 5.12. The van der Waals surface area contributed by atoms with Crippen LogP contribution in [0.4, 0.5) is 5.69 Å². The third-order valence-electron chi connectivity index (χ3n) is 2.46. The second-order valence-corrected chi connectivity index (χ2v) is 3.59.